The first-order chi connectivity index (χ1) is 8.15. The van der Waals surface area contributed by atoms with Gasteiger partial charge in [-0.15, -0.1) is 0 Å². The monoisotopic (exact) mass is 239 g/mol. The zero-order valence-corrected chi connectivity index (χ0v) is 9.90. The SMILES string of the molecule is CN1CCN(NC(=O)C2=NNC(=O)CC2)CC1. The van der Waals surface area contributed by atoms with Gasteiger partial charge >= 0.3 is 0 Å². The summed E-state index contributed by atoms with van der Waals surface area (Å²) in [6.45, 7) is 3.48. The van der Waals surface area contributed by atoms with Gasteiger partial charge in [0.05, 0.1) is 0 Å². The topological polar surface area (TPSA) is 77.0 Å². The van der Waals surface area contributed by atoms with Crippen LogP contribution in [0.1, 0.15) is 12.8 Å². The van der Waals surface area contributed by atoms with E-state index in [4.69, 9.17) is 0 Å². The summed E-state index contributed by atoms with van der Waals surface area (Å²) < 4.78 is 0. The van der Waals surface area contributed by atoms with Gasteiger partial charge in [0.25, 0.3) is 5.91 Å². The Kier molecular flexibility index (Phi) is 3.70. The van der Waals surface area contributed by atoms with Crippen LogP contribution in [-0.4, -0.2) is 60.7 Å². The van der Waals surface area contributed by atoms with Crippen molar-refractivity contribution in [3.05, 3.63) is 0 Å². The third-order valence-corrected chi connectivity index (χ3v) is 2.93. The predicted molar refractivity (Wildman–Crippen MR) is 62.0 cm³/mol. The second-order valence-corrected chi connectivity index (χ2v) is 4.32. The van der Waals surface area contributed by atoms with E-state index >= 15 is 0 Å². The van der Waals surface area contributed by atoms with Crippen molar-refractivity contribution >= 4 is 17.5 Å². The van der Waals surface area contributed by atoms with Crippen LogP contribution in [0, 0.1) is 0 Å². The molecule has 0 unspecified atom stereocenters. The summed E-state index contributed by atoms with van der Waals surface area (Å²) in [6.07, 6.45) is 0.737. The highest BCUT2D eigenvalue weighted by atomic mass is 16.2. The molecule has 0 aromatic heterocycles. The molecular weight excluding hydrogens is 222 g/mol. The first-order valence-electron chi connectivity index (χ1n) is 5.75. The molecule has 1 saturated heterocycles. The van der Waals surface area contributed by atoms with Crippen molar-refractivity contribution in [1.29, 1.82) is 0 Å². The molecule has 2 heterocycles. The van der Waals surface area contributed by atoms with Crippen LogP contribution in [0.15, 0.2) is 5.10 Å². The van der Waals surface area contributed by atoms with Gasteiger partial charge in [0.15, 0.2) is 0 Å². The summed E-state index contributed by atoms with van der Waals surface area (Å²) >= 11 is 0. The molecule has 7 nitrogen and oxygen atoms in total. The molecule has 2 N–H and O–H groups in total. The number of hydrazone groups is 1. The summed E-state index contributed by atoms with van der Waals surface area (Å²) in [5.74, 6) is -0.351. The average Bonchev–Trinajstić information content (AvgIpc) is 2.33. The van der Waals surface area contributed by atoms with E-state index in [0.29, 0.717) is 18.6 Å². The largest absolute Gasteiger partial charge is 0.304 e. The summed E-state index contributed by atoms with van der Waals surface area (Å²) in [7, 11) is 2.06. The molecule has 0 radical (unpaired) electrons. The highest BCUT2D eigenvalue weighted by Crippen LogP contribution is 2.01. The molecule has 0 aromatic rings. The molecule has 0 spiro atoms. The third kappa shape index (κ3) is 3.24. The number of piperazine rings is 1. The first kappa shape index (κ1) is 12.0. The minimum atomic E-state index is -0.213. The lowest BCUT2D eigenvalue weighted by Gasteiger charge is -2.32. The molecule has 17 heavy (non-hydrogen) atoms. The standard InChI is InChI=1S/C10H17N5O2/c1-14-4-6-15(7-5-14)13-10(17)8-2-3-9(16)12-11-8/h2-7H2,1H3,(H,12,16)(H,13,17). The van der Waals surface area contributed by atoms with E-state index in [1.807, 2.05) is 5.01 Å². The lowest BCUT2D eigenvalue weighted by atomic mass is 10.2. The second-order valence-electron chi connectivity index (χ2n) is 4.32. The Morgan fingerprint density at radius 3 is 2.59 bits per heavy atom. The van der Waals surface area contributed by atoms with Crippen molar-refractivity contribution in [2.75, 3.05) is 33.2 Å². The fourth-order valence-corrected chi connectivity index (χ4v) is 1.76. The van der Waals surface area contributed by atoms with Gasteiger partial charge in [-0.2, -0.15) is 5.10 Å². The summed E-state index contributed by atoms with van der Waals surface area (Å²) in [5.41, 5.74) is 5.52. The number of carbonyl (C=O) groups excluding carboxylic acids is 2. The van der Waals surface area contributed by atoms with E-state index in [1.54, 1.807) is 0 Å². The molecule has 94 valence electrons. The lowest BCUT2D eigenvalue weighted by molar-refractivity contribution is -0.121. The van der Waals surface area contributed by atoms with E-state index in [9.17, 15) is 9.59 Å². The third-order valence-electron chi connectivity index (χ3n) is 2.93. The van der Waals surface area contributed by atoms with Gasteiger partial charge in [-0.25, -0.2) is 10.4 Å². The van der Waals surface area contributed by atoms with E-state index in [1.165, 1.54) is 0 Å². The molecule has 2 amide bonds. The van der Waals surface area contributed by atoms with E-state index in [2.05, 4.69) is 27.9 Å². The molecule has 0 bridgehead atoms. The fourth-order valence-electron chi connectivity index (χ4n) is 1.76. The van der Waals surface area contributed by atoms with Crippen LogP contribution >= 0.6 is 0 Å². The molecule has 0 atom stereocenters. The summed E-state index contributed by atoms with van der Waals surface area (Å²) in [4.78, 5) is 24.9. The minimum absolute atomic E-state index is 0.138. The van der Waals surface area contributed by atoms with Crippen LogP contribution in [0.3, 0.4) is 0 Å². The Hall–Kier alpha value is -1.47. The summed E-state index contributed by atoms with van der Waals surface area (Å²) in [5, 5.41) is 5.65. The molecule has 7 heteroatoms. The van der Waals surface area contributed by atoms with Gasteiger partial charge < -0.3 is 4.90 Å². The van der Waals surface area contributed by atoms with Crippen LogP contribution < -0.4 is 10.9 Å². The second kappa shape index (κ2) is 5.24. The quantitative estimate of drug-likeness (QED) is 0.617. The molecule has 0 aromatic carbocycles. The normalized spacial score (nSPS) is 22.9. The number of nitrogens with zero attached hydrogens (tertiary/aromatic N) is 3. The number of hydrogen-bond acceptors (Lipinski definition) is 5. The molecule has 1 fully saturated rings. The number of hydrogen-bond donors (Lipinski definition) is 2. The number of amides is 2. The number of likely N-dealkylation sites (N-methyl/N-ethyl adjacent to an activating group) is 1. The Bertz CT molecular complexity index is 347. The van der Waals surface area contributed by atoms with Crippen molar-refractivity contribution in [1.82, 2.24) is 20.8 Å². The Labute approximate surface area is 99.8 Å². The molecule has 2 aliphatic rings. The van der Waals surface area contributed by atoms with Crippen molar-refractivity contribution < 1.29 is 9.59 Å². The van der Waals surface area contributed by atoms with E-state index < -0.39 is 0 Å². The highest BCUT2D eigenvalue weighted by Gasteiger charge is 2.21. The number of rotatable bonds is 2. The maximum absolute atomic E-state index is 11.8. The minimum Gasteiger partial charge on any atom is -0.304 e. The van der Waals surface area contributed by atoms with E-state index in [-0.39, 0.29) is 11.8 Å². The fraction of sp³-hybridized carbons (Fsp3) is 0.700. The molecule has 2 aliphatic heterocycles. The lowest BCUT2D eigenvalue weighted by Crippen LogP contribution is -2.54. The maximum atomic E-state index is 11.8. The highest BCUT2D eigenvalue weighted by molar-refractivity contribution is 6.39. The van der Waals surface area contributed by atoms with Gasteiger partial charge in [0.1, 0.15) is 5.71 Å². The van der Waals surface area contributed by atoms with Crippen molar-refractivity contribution in [3.63, 3.8) is 0 Å². The molecule has 0 aliphatic carbocycles. The van der Waals surface area contributed by atoms with Crippen molar-refractivity contribution in [2.45, 2.75) is 12.8 Å². The zero-order valence-electron chi connectivity index (χ0n) is 9.90. The van der Waals surface area contributed by atoms with Crippen LogP contribution in [0.25, 0.3) is 0 Å². The van der Waals surface area contributed by atoms with Gasteiger partial charge in [0, 0.05) is 39.0 Å². The first-order valence-corrected chi connectivity index (χ1v) is 5.75. The van der Waals surface area contributed by atoms with Crippen LogP contribution in [0.5, 0.6) is 0 Å². The predicted octanol–water partition coefficient (Wildman–Crippen LogP) is -1.47. The molecular formula is C10H17N5O2. The Morgan fingerprint density at radius 1 is 1.29 bits per heavy atom. The van der Waals surface area contributed by atoms with Crippen molar-refractivity contribution in [2.24, 2.45) is 5.10 Å². The zero-order chi connectivity index (χ0) is 12.3. The Balaban J connectivity index is 1.83. The van der Waals surface area contributed by atoms with E-state index in [0.717, 1.165) is 26.2 Å². The van der Waals surface area contributed by atoms with Gasteiger partial charge in [0.2, 0.25) is 5.91 Å². The molecule has 0 saturated carbocycles. The summed E-state index contributed by atoms with van der Waals surface area (Å²) in [6, 6.07) is 0. The van der Waals surface area contributed by atoms with Gasteiger partial charge in [-0.3, -0.25) is 15.0 Å². The van der Waals surface area contributed by atoms with Gasteiger partial charge in [-0.05, 0) is 7.05 Å². The van der Waals surface area contributed by atoms with Crippen LogP contribution in [0.2, 0.25) is 0 Å². The average molecular weight is 239 g/mol. The smallest absolute Gasteiger partial charge is 0.281 e. The van der Waals surface area contributed by atoms with Gasteiger partial charge in [-0.1, -0.05) is 0 Å². The number of carbonyl (C=O) groups is 2. The Morgan fingerprint density at radius 2 is 2.00 bits per heavy atom. The van der Waals surface area contributed by atoms with Crippen molar-refractivity contribution in [3.8, 4) is 0 Å². The number of hydrazine groups is 1. The molecule has 2 rings (SSSR count). The van der Waals surface area contributed by atoms with Crippen LogP contribution in [-0.2, 0) is 9.59 Å². The number of nitrogens with one attached hydrogen (secondary N) is 2. The maximum Gasteiger partial charge on any atom is 0.281 e. The van der Waals surface area contributed by atoms with Crippen LogP contribution in [0.4, 0.5) is 0 Å².